The van der Waals surface area contributed by atoms with Crippen LogP contribution in [0.15, 0.2) is 42.5 Å². The number of piperidine rings is 1. The Hall–Kier alpha value is -6.71. The first-order valence-electron chi connectivity index (χ1n) is 20.4. The molecule has 3 aliphatic rings. The van der Waals surface area contributed by atoms with Crippen LogP contribution in [0.3, 0.4) is 0 Å². The van der Waals surface area contributed by atoms with Gasteiger partial charge in [0.05, 0.1) is 48.1 Å². The monoisotopic (exact) mass is 906 g/mol. The minimum absolute atomic E-state index is 0.0113. The van der Waals surface area contributed by atoms with Crippen molar-refractivity contribution in [2.45, 2.75) is 25.3 Å². The van der Waals surface area contributed by atoms with Crippen LogP contribution in [0.4, 0.5) is 31.0 Å². The van der Waals surface area contributed by atoms with E-state index in [9.17, 15) is 38.3 Å². The average Bonchev–Trinajstić information content (AvgIpc) is 3.52. The summed E-state index contributed by atoms with van der Waals surface area (Å²) in [5, 5.41) is 18.7. The van der Waals surface area contributed by atoms with E-state index in [0.29, 0.717) is 25.3 Å². The van der Waals surface area contributed by atoms with Gasteiger partial charge in [-0.15, -0.1) is 0 Å². The number of aromatic hydroxyl groups is 1. The van der Waals surface area contributed by atoms with E-state index in [1.807, 2.05) is 4.90 Å². The van der Waals surface area contributed by atoms with Gasteiger partial charge in [0.25, 0.3) is 11.8 Å². The number of rotatable bonds is 17. The molecule has 7 rings (SSSR count). The van der Waals surface area contributed by atoms with Crippen molar-refractivity contribution in [3.05, 3.63) is 70.2 Å². The van der Waals surface area contributed by atoms with Gasteiger partial charge in [0.15, 0.2) is 5.82 Å². The average molecular weight is 907 g/mol. The van der Waals surface area contributed by atoms with Crippen molar-refractivity contribution in [1.82, 2.24) is 30.0 Å². The molecule has 1 unspecified atom stereocenters. The fourth-order valence-corrected chi connectivity index (χ4v) is 7.96. The molecule has 64 heavy (non-hydrogen) atoms. The number of halogens is 3. The minimum Gasteiger partial charge on any atom is -0.507 e. The number of piperazine rings is 1. The van der Waals surface area contributed by atoms with Gasteiger partial charge in [-0.3, -0.25) is 34.2 Å². The van der Waals surface area contributed by atoms with E-state index in [2.05, 4.69) is 25.9 Å². The Kier molecular flexibility index (Phi) is 14.0. The molecule has 0 radical (unpaired) electrons. The maximum Gasteiger partial charge on any atom is 0.314 e. The number of imide groups is 2. The van der Waals surface area contributed by atoms with E-state index >= 15 is 4.39 Å². The second-order valence-corrected chi connectivity index (χ2v) is 15.5. The first-order valence-corrected chi connectivity index (χ1v) is 20.8. The topological polar surface area (TPSA) is 242 Å². The van der Waals surface area contributed by atoms with Crippen LogP contribution in [0.1, 0.15) is 40.0 Å². The highest BCUT2D eigenvalue weighted by atomic mass is 35.5. The number of fused-ring (bicyclic) bond motifs is 2. The number of anilines is 3. The zero-order valence-corrected chi connectivity index (χ0v) is 35.4. The zero-order valence-electron chi connectivity index (χ0n) is 34.6. The lowest BCUT2D eigenvalue weighted by atomic mass is 10.0. The van der Waals surface area contributed by atoms with Crippen molar-refractivity contribution in [1.29, 1.82) is 0 Å². The molecule has 0 saturated carbocycles. The molecule has 2 saturated heterocycles. The summed E-state index contributed by atoms with van der Waals surface area (Å²) in [5.41, 5.74) is 5.18. The Morgan fingerprint density at radius 1 is 0.938 bits per heavy atom. The Morgan fingerprint density at radius 2 is 1.67 bits per heavy atom. The number of aromatic nitrogens is 2. The standard InChI is InChI=1S/C42H45ClF2N10O9/c1-52(17-19-64-21-20-63-18-12-47-27-6-2-4-23-32(27)40(61)55(39(23)60)28-8-9-30(57)49-38(28)59)31(58)10-11-48-42-50-36-24(37(51-42)53-13-15-54(16-14-53)41(46)62)22-25(43)33(35(36)45)34-26(44)5-3-7-29(34)56/h2-7,22,28,47,56H,8-21H2,1H3,(H2,46,62)(H,48,50,51)(H,49,57,59). The second kappa shape index (κ2) is 19.8. The number of nitrogens with two attached hydrogens (primary N) is 1. The molecule has 4 aromatic rings. The number of amides is 7. The molecule has 19 nitrogen and oxygen atoms in total. The second-order valence-electron chi connectivity index (χ2n) is 15.1. The number of likely N-dealkylation sites (N-methyl/N-ethyl adjacent to an activating group) is 1. The first kappa shape index (κ1) is 45.3. The molecule has 2 fully saturated rings. The molecule has 22 heteroatoms. The van der Waals surface area contributed by atoms with E-state index in [0.717, 1.165) is 11.0 Å². The van der Waals surface area contributed by atoms with Crippen molar-refractivity contribution in [2.75, 3.05) is 94.8 Å². The molecule has 3 aromatic carbocycles. The van der Waals surface area contributed by atoms with Crippen LogP contribution in [0.5, 0.6) is 5.75 Å². The SMILES string of the molecule is CN(CCOCCOCCNc1cccc2c1C(=O)N(C1CCC(=O)NC1=O)C2=O)C(=O)CCNc1nc(N2CCN(C(N)=O)CC2)c2cc(Cl)c(-c3c(O)cccc3F)c(F)c2n1. The number of hydrogen-bond acceptors (Lipinski definition) is 14. The molecule has 3 aliphatic heterocycles. The van der Waals surface area contributed by atoms with Crippen molar-refractivity contribution >= 4 is 75.5 Å². The van der Waals surface area contributed by atoms with E-state index in [1.54, 1.807) is 19.2 Å². The highest BCUT2D eigenvalue weighted by Crippen LogP contribution is 2.42. The third kappa shape index (κ3) is 9.60. The highest BCUT2D eigenvalue weighted by Gasteiger charge is 2.45. The molecular weight excluding hydrogens is 862 g/mol. The molecule has 0 spiro atoms. The summed E-state index contributed by atoms with van der Waals surface area (Å²) in [4.78, 5) is 89.7. The molecule has 6 N–H and O–H groups in total. The molecule has 0 bridgehead atoms. The molecule has 0 aliphatic carbocycles. The lowest BCUT2D eigenvalue weighted by Gasteiger charge is -2.35. The summed E-state index contributed by atoms with van der Waals surface area (Å²) in [5.74, 6) is -4.70. The van der Waals surface area contributed by atoms with Gasteiger partial charge in [-0.2, -0.15) is 4.98 Å². The number of nitrogens with one attached hydrogen (secondary N) is 3. The molecular formula is C42H45ClF2N10O9. The van der Waals surface area contributed by atoms with Crippen molar-refractivity contribution in [2.24, 2.45) is 5.73 Å². The quantitative estimate of drug-likeness (QED) is 0.0757. The van der Waals surface area contributed by atoms with E-state index < -0.39 is 58.6 Å². The summed E-state index contributed by atoms with van der Waals surface area (Å²) in [6.45, 7) is 2.72. The Bertz CT molecular complexity index is 2490. The number of hydrogen-bond donors (Lipinski definition) is 5. The minimum atomic E-state index is -1.06. The number of carbonyl (C=O) groups excluding carboxylic acids is 6. The Morgan fingerprint density at radius 3 is 2.39 bits per heavy atom. The predicted octanol–water partition coefficient (Wildman–Crippen LogP) is 2.94. The number of phenols is 1. The normalized spacial score (nSPS) is 16.3. The van der Waals surface area contributed by atoms with E-state index in [1.165, 1.54) is 34.1 Å². The van der Waals surface area contributed by atoms with Crippen LogP contribution in [-0.4, -0.2) is 151 Å². The van der Waals surface area contributed by atoms with Gasteiger partial charge in [-0.25, -0.2) is 18.6 Å². The number of urea groups is 1. The number of phenolic OH excluding ortho intramolecular Hbond substituents is 1. The number of ether oxygens (including phenoxy) is 2. The van der Waals surface area contributed by atoms with Crippen molar-refractivity contribution in [3.8, 4) is 16.9 Å². The maximum absolute atomic E-state index is 16.4. The van der Waals surface area contributed by atoms with Gasteiger partial charge in [0, 0.05) is 82.3 Å². The lowest BCUT2D eigenvalue weighted by molar-refractivity contribution is -0.136. The van der Waals surface area contributed by atoms with Crippen molar-refractivity contribution in [3.63, 3.8) is 0 Å². The molecule has 338 valence electrons. The summed E-state index contributed by atoms with van der Waals surface area (Å²) in [7, 11) is 1.62. The van der Waals surface area contributed by atoms with Gasteiger partial charge in [-0.1, -0.05) is 23.7 Å². The third-order valence-electron chi connectivity index (χ3n) is 11.0. The van der Waals surface area contributed by atoms with Crippen LogP contribution in [0, 0.1) is 11.6 Å². The fourth-order valence-electron chi connectivity index (χ4n) is 7.67. The van der Waals surface area contributed by atoms with Gasteiger partial charge < -0.3 is 45.6 Å². The highest BCUT2D eigenvalue weighted by molar-refractivity contribution is 6.34. The lowest BCUT2D eigenvalue weighted by Crippen LogP contribution is -2.54. The fraction of sp³-hybridized carbons (Fsp3) is 0.381. The maximum atomic E-state index is 16.4. The van der Waals surface area contributed by atoms with Crippen molar-refractivity contribution < 1.29 is 52.1 Å². The third-order valence-corrected chi connectivity index (χ3v) is 11.3. The zero-order chi connectivity index (χ0) is 45.7. The van der Waals surface area contributed by atoms with Crippen LogP contribution in [0.2, 0.25) is 5.02 Å². The van der Waals surface area contributed by atoms with Gasteiger partial charge >= 0.3 is 6.03 Å². The van der Waals surface area contributed by atoms with Gasteiger partial charge in [0.1, 0.15) is 28.9 Å². The number of carbonyl (C=O) groups is 6. The summed E-state index contributed by atoms with van der Waals surface area (Å²) < 4.78 is 42.6. The molecule has 7 amide bonds. The smallest absolute Gasteiger partial charge is 0.314 e. The summed E-state index contributed by atoms with van der Waals surface area (Å²) >= 11 is 6.53. The Balaban J connectivity index is 0.870. The Labute approximate surface area is 369 Å². The van der Waals surface area contributed by atoms with E-state index in [4.69, 9.17) is 26.8 Å². The van der Waals surface area contributed by atoms with E-state index in [-0.39, 0.29) is 122 Å². The number of primary amides is 1. The first-order chi connectivity index (χ1) is 30.7. The summed E-state index contributed by atoms with van der Waals surface area (Å²) in [6.07, 6.45) is 0.0950. The molecule has 4 heterocycles. The molecule has 1 atom stereocenters. The van der Waals surface area contributed by atoms with Crippen LogP contribution in [0.25, 0.3) is 22.0 Å². The van der Waals surface area contributed by atoms with Crippen LogP contribution >= 0.6 is 11.6 Å². The molecule has 1 aromatic heterocycles. The number of benzene rings is 3. The predicted molar refractivity (Wildman–Crippen MR) is 229 cm³/mol. The van der Waals surface area contributed by atoms with Gasteiger partial charge in [-0.05, 0) is 36.8 Å². The largest absolute Gasteiger partial charge is 0.507 e. The van der Waals surface area contributed by atoms with Crippen LogP contribution < -0.4 is 26.6 Å². The van der Waals surface area contributed by atoms with Crippen LogP contribution in [-0.2, 0) is 23.9 Å². The number of nitrogens with zero attached hydrogens (tertiary/aromatic N) is 6. The van der Waals surface area contributed by atoms with Gasteiger partial charge in [0.2, 0.25) is 23.7 Å². The summed E-state index contributed by atoms with van der Waals surface area (Å²) in [6, 6.07) is 8.11.